The second kappa shape index (κ2) is 7.29. The SMILES string of the molecule is CCCCN1C(=O)CC[C@H](C(=O)[O-])[C@@H]1c1ccccc1OC. The van der Waals surface area contributed by atoms with E-state index in [2.05, 4.69) is 0 Å². The van der Waals surface area contributed by atoms with Gasteiger partial charge in [0.25, 0.3) is 0 Å². The number of aliphatic carboxylic acids is 1. The summed E-state index contributed by atoms with van der Waals surface area (Å²) in [4.78, 5) is 25.6. The molecule has 1 aromatic rings. The van der Waals surface area contributed by atoms with Crippen LogP contribution in [0.5, 0.6) is 5.75 Å². The first-order valence-electron chi connectivity index (χ1n) is 7.73. The van der Waals surface area contributed by atoms with E-state index in [-0.39, 0.29) is 12.3 Å². The minimum atomic E-state index is -1.11. The van der Waals surface area contributed by atoms with Gasteiger partial charge in [0.2, 0.25) is 5.91 Å². The van der Waals surface area contributed by atoms with Crippen molar-refractivity contribution in [2.45, 2.75) is 38.6 Å². The number of likely N-dealkylation sites (tertiary alicyclic amines) is 1. The maximum absolute atomic E-state index is 12.3. The molecule has 120 valence electrons. The van der Waals surface area contributed by atoms with Gasteiger partial charge in [0.05, 0.1) is 13.2 Å². The van der Waals surface area contributed by atoms with E-state index in [0.717, 1.165) is 18.4 Å². The van der Waals surface area contributed by atoms with Gasteiger partial charge < -0.3 is 19.5 Å². The first-order chi connectivity index (χ1) is 10.6. The highest BCUT2D eigenvalue weighted by molar-refractivity contribution is 5.81. The van der Waals surface area contributed by atoms with E-state index in [1.807, 2.05) is 25.1 Å². The number of amides is 1. The van der Waals surface area contributed by atoms with Crippen LogP contribution in [-0.4, -0.2) is 30.4 Å². The summed E-state index contributed by atoms with van der Waals surface area (Å²) < 4.78 is 5.36. The number of piperidine rings is 1. The molecule has 1 heterocycles. The molecular formula is C17H22NO4-. The summed E-state index contributed by atoms with van der Waals surface area (Å²) in [7, 11) is 1.55. The molecule has 0 N–H and O–H groups in total. The maximum atomic E-state index is 12.3. The number of benzene rings is 1. The molecule has 1 fully saturated rings. The second-order valence-electron chi connectivity index (χ2n) is 5.59. The van der Waals surface area contributed by atoms with Crippen molar-refractivity contribution in [1.82, 2.24) is 4.90 Å². The number of carboxylic acid groups (broad SMARTS) is 1. The zero-order chi connectivity index (χ0) is 16.1. The standard InChI is InChI=1S/C17H23NO4/c1-3-4-11-18-15(19)10-9-13(17(20)21)16(18)12-7-5-6-8-14(12)22-2/h5-8,13,16H,3-4,9-11H2,1-2H3,(H,20,21)/p-1/t13-,16-/m0/s1. The van der Waals surface area contributed by atoms with E-state index >= 15 is 0 Å². The van der Waals surface area contributed by atoms with Crippen LogP contribution in [0.3, 0.4) is 0 Å². The van der Waals surface area contributed by atoms with Crippen molar-refractivity contribution < 1.29 is 19.4 Å². The first-order valence-corrected chi connectivity index (χ1v) is 7.73. The van der Waals surface area contributed by atoms with Crippen LogP contribution in [-0.2, 0) is 9.59 Å². The monoisotopic (exact) mass is 304 g/mol. The number of hydrogen-bond donors (Lipinski definition) is 0. The zero-order valence-corrected chi connectivity index (χ0v) is 13.1. The second-order valence-corrected chi connectivity index (χ2v) is 5.59. The molecule has 1 aliphatic rings. The van der Waals surface area contributed by atoms with Crippen molar-refractivity contribution in [3.63, 3.8) is 0 Å². The average molecular weight is 304 g/mol. The van der Waals surface area contributed by atoms with Crippen LogP contribution in [0, 0.1) is 5.92 Å². The Balaban J connectivity index is 2.44. The Morgan fingerprint density at radius 1 is 1.41 bits per heavy atom. The number of methoxy groups -OCH3 is 1. The Labute approximate surface area is 130 Å². The molecular weight excluding hydrogens is 282 g/mol. The average Bonchev–Trinajstić information content (AvgIpc) is 2.53. The van der Waals surface area contributed by atoms with E-state index < -0.39 is 17.9 Å². The molecule has 1 aliphatic heterocycles. The van der Waals surface area contributed by atoms with E-state index in [4.69, 9.17) is 4.74 Å². The van der Waals surface area contributed by atoms with E-state index in [1.165, 1.54) is 0 Å². The predicted octanol–water partition coefficient (Wildman–Crippen LogP) is 1.52. The molecule has 1 amide bonds. The van der Waals surface area contributed by atoms with Crippen LogP contribution in [0.2, 0.25) is 0 Å². The molecule has 0 saturated carbocycles. The van der Waals surface area contributed by atoms with Gasteiger partial charge in [0.1, 0.15) is 5.75 Å². The number of nitrogens with zero attached hydrogens (tertiary/aromatic N) is 1. The third-order valence-electron chi connectivity index (χ3n) is 4.22. The molecule has 0 aliphatic carbocycles. The Morgan fingerprint density at radius 3 is 2.77 bits per heavy atom. The van der Waals surface area contributed by atoms with Gasteiger partial charge in [-0.05, 0) is 18.9 Å². The number of ether oxygens (including phenoxy) is 1. The van der Waals surface area contributed by atoms with Crippen LogP contribution >= 0.6 is 0 Å². The number of rotatable bonds is 6. The normalized spacial score (nSPS) is 21.7. The highest BCUT2D eigenvalue weighted by atomic mass is 16.5. The lowest BCUT2D eigenvalue weighted by atomic mass is 9.83. The number of carbonyl (C=O) groups excluding carboxylic acids is 2. The molecule has 0 aromatic heterocycles. The zero-order valence-electron chi connectivity index (χ0n) is 13.1. The Hall–Kier alpha value is -2.04. The molecule has 2 rings (SSSR count). The van der Waals surface area contributed by atoms with Crippen LogP contribution < -0.4 is 9.84 Å². The van der Waals surface area contributed by atoms with Crippen molar-refractivity contribution in [1.29, 1.82) is 0 Å². The molecule has 0 spiro atoms. The summed E-state index contributed by atoms with van der Waals surface area (Å²) in [6, 6.07) is 6.77. The van der Waals surface area contributed by atoms with Gasteiger partial charge in [0, 0.05) is 30.4 Å². The van der Waals surface area contributed by atoms with E-state index in [9.17, 15) is 14.7 Å². The summed E-state index contributed by atoms with van der Waals surface area (Å²) in [5.41, 5.74) is 0.739. The van der Waals surface area contributed by atoms with Crippen LogP contribution in [0.4, 0.5) is 0 Å². The lowest BCUT2D eigenvalue weighted by Crippen LogP contribution is -2.49. The van der Waals surface area contributed by atoms with Gasteiger partial charge in [-0.1, -0.05) is 31.5 Å². The van der Waals surface area contributed by atoms with Crippen molar-refractivity contribution >= 4 is 11.9 Å². The summed E-state index contributed by atoms with van der Waals surface area (Å²) in [6.45, 7) is 2.60. The third kappa shape index (κ3) is 3.24. The summed E-state index contributed by atoms with van der Waals surface area (Å²) in [5.74, 6) is -1.20. The minimum absolute atomic E-state index is 0.00172. The molecule has 1 saturated heterocycles. The summed E-state index contributed by atoms with van der Waals surface area (Å²) >= 11 is 0. The number of para-hydroxylation sites is 1. The lowest BCUT2D eigenvalue weighted by Gasteiger charge is -2.42. The number of carbonyl (C=O) groups is 2. The molecule has 5 nitrogen and oxygen atoms in total. The third-order valence-corrected chi connectivity index (χ3v) is 4.22. The quantitative estimate of drug-likeness (QED) is 0.799. The van der Waals surface area contributed by atoms with Gasteiger partial charge in [-0.3, -0.25) is 4.79 Å². The largest absolute Gasteiger partial charge is 0.550 e. The Morgan fingerprint density at radius 2 is 2.14 bits per heavy atom. The molecule has 0 unspecified atom stereocenters. The van der Waals surface area contributed by atoms with E-state index in [1.54, 1.807) is 18.1 Å². The number of hydrogen-bond acceptors (Lipinski definition) is 4. The Kier molecular flexibility index (Phi) is 5.41. The van der Waals surface area contributed by atoms with Gasteiger partial charge in [-0.15, -0.1) is 0 Å². The van der Waals surface area contributed by atoms with Gasteiger partial charge >= 0.3 is 0 Å². The molecule has 0 radical (unpaired) electrons. The topological polar surface area (TPSA) is 69.7 Å². The van der Waals surface area contributed by atoms with Crippen LogP contribution in [0.1, 0.15) is 44.2 Å². The van der Waals surface area contributed by atoms with Gasteiger partial charge in [-0.25, -0.2) is 0 Å². The van der Waals surface area contributed by atoms with Crippen molar-refractivity contribution in [3.8, 4) is 5.75 Å². The first kappa shape index (κ1) is 16.3. The molecule has 2 atom stereocenters. The minimum Gasteiger partial charge on any atom is -0.550 e. The van der Waals surface area contributed by atoms with Crippen molar-refractivity contribution in [2.75, 3.05) is 13.7 Å². The maximum Gasteiger partial charge on any atom is 0.223 e. The molecule has 1 aromatic carbocycles. The fraction of sp³-hybridized carbons (Fsp3) is 0.529. The predicted molar refractivity (Wildman–Crippen MR) is 80.1 cm³/mol. The summed E-state index contributed by atoms with van der Waals surface area (Å²) in [6.07, 6.45) is 2.36. The number of carboxylic acids is 1. The smallest absolute Gasteiger partial charge is 0.223 e. The van der Waals surface area contributed by atoms with Crippen molar-refractivity contribution in [3.05, 3.63) is 29.8 Å². The van der Waals surface area contributed by atoms with Crippen LogP contribution in [0.15, 0.2) is 24.3 Å². The molecule has 5 heteroatoms. The van der Waals surface area contributed by atoms with Gasteiger partial charge in [0.15, 0.2) is 0 Å². The highest BCUT2D eigenvalue weighted by Gasteiger charge is 2.38. The van der Waals surface area contributed by atoms with Gasteiger partial charge in [-0.2, -0.15) is 0 Å². The van der Waals surface area contributed by atoms with Crippen molar-refractivity contribution in [2.24, 2.45) is 5.92 Å². The Bertz CT molecular complexity index is 543. The summed E-state index contributed by atoms with van der Waals surface area (Å²) in [5, 5.41) is 11.6. The van der Waals surface area contributed by atoms with E-state index in [0.29, 0.717) is 18.7 Å². The fourth-order valence-corrected chi connectivity index (χ4v) is 3.09. The van der Waals surface area contributed by atoms with Crippen LogP contribution in [0.25, 0.3) is 0 Å². The highest BCUT2D eigenvalue weighted by Crippen LogP contribution is 2.40. The molecule has 0 bridgehead atoms. The fourth-order valence-electron chi connectivity index (χ4n) is 3.09. The molecule has 22 heavy (non-hydrogen) atoms. The number of unbranched alkanes of at least 4 members (excludes halogenated alkanes) is 1. The lowest BCUT2D eigenvalue weighted by molar-refractivity contribution is -0.314.